The Bertz CT molecular complexity index is 616. The van der Waals surface area contributed by atoms with Gasteiger partial charge in [-0.3, -0.25) is 4.79 Å². The molecule has 3 rings (SSSR count). The van der Waals surface area contributed by atoms with E-state index in [1.807, 2.05) is 24.4 Å². The van der Waals surface area contributed by atoms with E-state index >= 15 is 0 Å². The first-order valence-corrected chi connectivity index (χ1v) is 8.06. The summed E-state index contributed by atoms with van der Waals surface area (Å²) in [6.07, 6.45) is 8.45. The first kappa shape index (κ1) is 14.2. The molecule has 1 saturated carbocycles. The molecule has 2 unspecified atom stereocenters. The zero-order valence-corrected chi connectivity index (χ0v) is 12.7. The standard InChI is InChI=1S/C18H24N2O/c1-13-5-4-6-15(10-9-13)20-18(21)11-14-12-19-17-8-3-2-7-16(14)17/h2-3,7-8,12-13,15,19H,4-6,9-11H2,1H3,(H,20,21). The van der Waals surface area contributed by atoms with E-state index in [2.05, 4.69) is 23.3 Å². The number of hydrogen-bond donors (Lipinski definition) is 2. The van der Waals surface area contributed by atoms with Gasteiger partial charge in [0.15, 0.2) is 0 Å². The fourth-order valence-corrected chi connectivity index (χ4v) is 3.36. The molecule has 0 aliphatic heterocycles. The Morgan fingerprint density at radius 3 is 3.00 bits per heavy atom. The molecule has 3 nitrogen and oxygen atoms in total. The lowest BCUT2D eigenvalue weighted by atomic mass is 10.0. The van der Waals surface area contributed by atoms with Gasteiger partial charge < -0.3 is 10.3 Å². The SMILES string of the molecule is CC1CCCC(NC(=O)Cc2c[nH]c3ccccc23)CC1. The van der Waals surface area contributed by atoms with E-state index in [0.29, 0.717) is 12.5 Å². The molecule has 1 heterocycles. The van der Waals surface area contributed by atoms with Crippen LogP contribution in [-0.2, 0) is 11.2 Å². The molecule has 2 aromatic rings. The van der Waals surface area contributed by atoms with Gasteiger partial charge in [-0.1, -0.05) is 38.0 Å². The summed E-state index contributed by atoms with van der Waals surface area (Å²) in [6.45, 7) is 2.32. The predicted octanol–water partition coefficient (Wildman–Crippen LogP) is 3.80. The van der Waals surface area contributed by atoms with Crippen LogP contribution in [0.25, 0.3) is 10.9 Å². The number of benzene rings is 1. The average molecular weight is 284 g/mol. The van der Waals surface area contributed by atoms with Crippen LogP contribution in [0.1, 0.15) is 44.6 Å². The van der Waals surface area contributed by atoms with Crippen molar-refractivity contribution in [1.82, 2.24) is 10.3 Å². The van der Waals surface area contributed by atoms with Crippen molar-refractivity contribution in [2.45, 2.75) is 51.5 Å². The van der Waals surface area contributed by atoms with Crippen molar-refractivity contribution >= 4 is 16.8 Å². The van der Waals surface area contributed by atoms with E-state index < -0.39 is 0 Å². The second kappa shape index (κ2) is 6.33. The summed E-state index contributed by atoms with van der Waals surface area (Å²) >= 11 is 0. The molecule has 1 aliphatic carbocycles. The highest BCUT2D eigenvalue weighted by molar-refractivity contribution is 5.88. The third-order valence-corrected chi connectivity index (χ3v) is 4.65. The van der Waals surface area contributed by atoms with Crippen LogP contribution in [0.15, 0.2) is 30.5 Å². The Hall–Kier alpha value is -1.77. The number of fused-ring (bicyclic) bond motifs is 1. The van der Waals surface area contributed by atoms with Crippen LogP contribution in [0.4, 0.5) is 0 Å². The van der Waals surface area contributed by atoms with Crippen LogP contribution >= 0.6 is 0 Å². The molecule has 1 aromatic carbocycles. The van der Waals surface area contributed by atoms with E-state index in [0.717, 1.165) is 35.2 Å². The molecule has 2 atom stereocenters. The number of nitrogens with one attached hydrogen (secondary N) is 2. The number of hydrogen-bond acceptors (Lipinski definition) is 1. The van der Waals surface area contributed by atoms with Crippen molar-refractivity contribution in [2.75, 3.05) is 0 Å². The average Bonchev–Trinajstić information content (AvgIpc) is 2.76. The lowest BCUT2D eigenvalue weighted by Gasteiger charge is -2.16. The maximum absolute atomic E-state index is 12.3. The summed E-state index contributed by atoms with van der Waals surface area (Å²) < 4.78 is 0. The summed E-state index contributed by atoms with van der Waals surface area (Å²) in [5.74, 6) is 0.958. The van der Waals surface area contributed by atoms with Gasteiger partial charge in [0.2, 0.25) is 5.91 Å². The van der Waals surface area contributed by atoms with E-state index in [1.165, 1.54) is 19.3 Å². The van der Waals surface area contributed by atoms with Gasteiger partial charge in [-0.2, -0.15) is 0 Å². The number of amides is 1. The first-order chi connectivity index (χ1) is 10.2. The van der Waals surface area contributed by atoms with Gasteiger partial charge >= 0.3 is 0 Å². The number of carbonyl (C=O) groups is 1. The van der Waals surface area contributed by atoms with Gasteiger partial charge in [0.1, 0.15) is 0 Å². The van der Waals surface area contributed by atoms with Crippen molar-refractivity contribution in [2.24, 2.45) is 5.92 Å². The van der Waals surface area contributed by atoms with Gasteiger partial charge in [0.05, 0.1) is 6.42 Å². The van der Waals surface area contributed by atoms with Crippen LogP contribution < -0.4 is 5.32 Å². The number of rotatable bonds is 3. The molecule has 0 saturated heterocycles. The largest absolute Gasteiger partial charge is 0.361 e. The Kier molecular flexibility index (Phi) is 4.28. The highest BCUT2D eigenvalue weighted by Gasteiger charge is 2.18. The molecule has 2 N–H and O–H groups in total. The summed E-state index contributed by atoms with van der Waals surface area (Å²) in [4.78, 5) is 15.5. The minimum Gasteiger partial charge on any atom is -0.361 e. The van der Waals surface area contributed by atoms with Crippen molar-refractivity contribution in [3.63, 3.8) is 0 Å². The number of aromatic amines is 1. The van der Waals surface area contributed by atoms with Crippen LogP contribution in [0.3, 0.4) is 0 Å². The van der Waals surface area contributed by atoms with E-state index in [-0.39, 0.29) is 5.91 Å². The van der Waals surface area contributed by atoms with E-state index in [1.54, 1.807) is 0 Å². The van der Waals surface area contributed by atoms with Crippen molar-refractivity contribution in [3.8, 4) is 0 Å². The normalized spacial score (nSPS) is 22.9. The Labute approximate surface area is 126 Å². The van der Waals surface area contributed by atoms with Gasteiger partial charge in [0, 0.05) is 23.1 Å². The number of H-pyrrole nitrogens is 1. The van der Waals surface area contributed by atoms with Crippen LogP contribution in [-0.4, -0.2) is 16.9 Å². The zero-order valence-electron chi connectivity index (χ0n) is 12.7. The maximum Gasteiger partial charge on any atom is 0.224 e. The third-order valence-electron chi connectivity index (χ3n) is 4.65. The Morgan fingerprint density at radius 1 is 1.24 bits per heavy atom. The van der Waals surface area contributed by atoms with Crippen LogP contribution in [0.5, 0.6) is 0 Å². The molecule has 0 spiro atoms. The van der Waals surface area contributed by atoms with Gasteiger partial charge in [-0.15, -0.1) is 0 Å². The minimum absolute atomic E-state index is 0.152. The van der Waals surface area contributed by atoms with E-state index in [9.17, 15) is 4.79 Å². The first-order valence-electron chi connectivity index (χ1n) is 8.06. The lowest BCUT2D eigenvalue weighted by molar-refractivity contribution is -0.121. The lowest BCUT2D eigenvalue weighted by Crippen LogP contribution is -2.35. The molecule has 112 valence electrons. The second-order valence-electron chi connectivity index (χ2n) is 6.41. The minimum atomic E-state index is 0.152. The Balaban J connectivity index is 1.61. The topological polar surface area (TPSA) is 44.9 Å². The second-order valence-corrected chi connectivity index (χ2v) is 6.41. The van der Waals surface area contributed by atoms with Crippen molar-refractivity contribution in [3.05, 3.63) is 36.0 Å². The summed E-state index contributed by atoms with van der Waals surface area (Å²) in [5, 5.41) is 4.38. The third kappa shape index (κ3) is 3.46. The quantitative estimate of drug-likeness (QED) is 0.827. The smallest absolute Gasteiger partial charge is 0.224 e. The van der Waals surface area contributed by atoms with Crippen LogP contribution in [0.2, 0.25) is 0 Å². The van der Waals surface area contributed by atoms with Crippen molar-refractivity contribution < 1.29 is 4.79 Å². The molecule has 1 fully saturated rings. The summed E-state index contributed by atoms with van der Waals surface area (Å²) in [7, 11) is 0. The highest BCUT2D eigenvalue weighted by atomic mass is 16.1. The Morgan fingerprint density at radius 2 is 2.10 bits per heavy atom. The predicted molar refractivity (Wildman–Crippen MR) is 86.2 cm³/mol. The summed E-state index contributed by atoms with van der Waals surface area (Å²) in [5.41, 5.74) is 2.19. The molecule has 0 radical (unpaired) electrons. The molecule has 1 aromatic heterocycles. The van der Waals surface area contributed by atoms with Gasteiger partial charge in [-0.25, -0.2) is 0 Å². The van der Waals surface area contributed by atoms with E-state index in [4.69, 9.17) is 0 Å². The molecule has 0 bridgehead atoms. The molecular weight excluding hydrogens is 260 g/mol. The molecule has 21 heavy (non-hydrogen) atoms. The van der Waals surface area contributed by atoms with Crippen LogP contribution in [0, 0.1) is 5.92 Å². The zero-order chi connectivity index (χ0) is 14.7. The fourth-order valence-electron chi connectivity index (χ4n) is 3.36. The summed E-state index contributed by atoms with van der Waals surface area (Å²) in [6, 6.07) is 8.51. The monoisotopic (exact) mass is 284 g/mol. The molecule has 1 amide bonds. The maximum atomic E-state index is 12.3. The number of para-hydroxylation sites is 1. The van der Waals surface area contributed by atoms with Gasteiger partial charge in [0.25, 0.3) is 0 Å². The number of aromatic nitrogens is 1. The molecular formula is C18H24N2O. The fraction of sp³-hybridized carbons (Fsp3) is 0.500. The molecule has 1 aliphatic rings. The number of carbonyl (C=O) groups excluding carboxylic acids is 1. The van der Waals surface area contributed by atoms with Crippen molar-refractivity contribution in [1.29, 1.82) is 0 Å². The van der Waals surface area contributed by atoms with Gasteiger partial charge in [-0.05, 0) is 36.8 Å². The molecule has 3 heteroatoms. The highest BCUT2D eigenvalue weighted by Crippen LogP contribution is 2.23.